The highest BCUT2D eigenvalue weighted by Crippen LogP contribution is 2.19. The van der Waals surface area contributed by atoms with Gasteiger partial charge in [0.1, 0.15) is 0 Å². The van der Waals surface area contributed by atoms with E-state index < -0.39 is 10.0 Å². The number of rotatable bonds is 8. The Kier molecular flexibility index (Phi) is 7.02. The largest absolute Gasteiger partial charge is 0.339 e. The first kappa shape index (κ1) is 21.0. The van der Waals surface area contributed by atoms with Crippen LogP contribution in [-0.2, 0) is 16.4 Å². The fourth-order valence-corrected chi connectivity index (χ4v) is 3.95. The van der Waals surface area contributed by atoms with Crippen LogP contribution < -0.4 is 4.72 Å². The van der Waals surface area contributed by atoms with Crippen LogP contribution in [0.15, 0.2) is 53.4 Å². The van der Waals surface area contributed by atoms with Gasteiger partial charge >= 0.3 is 0 Å². The van der Waals surface area contributed by atoms with E-state index in [1.165, 1.54) is 0 Å². The SMILES string of the molecule is CCN(CC)C(=O)c1cccc(NS(=O)(=O)c2ccc(CC(C)C)cc2)c1. The topological polar surface area (TPSA) is 66.5 Å². The van der Waals surface area contributed by atoms with E-state index >= 15 is 0 Å². The number of sulfonamides is 1. The van der Waals surface area contributed by atoms with E-state index in [1.54, 1.807) is 41.3 Å². The molecular formula is C21H28N2O3S. The molecule has 1 amide bonds. The monoisotopic (exact) mass is 388 g/mol. The molecule has 0 saturated heterocycles. The molecule has 0 bridgehead atoms. The molecule has 0 heterocycles. The maximum absolute atomic E-state index is 12.7. The van der Waals surface area contributed by atoms with Gasteiger partial charge < -0.3 is 4.90 Å². The Labute approximate surface area is 162 Å². The molecule has 0 aliphatic rings. The summed E-state index contributed by atoms with van der Waals surface area (Å²) in [6.45, 7) is 9.28. The number of hydrogen-bond acceptors (Lipinski definition) is 3. The van der Waals surface area contributed by atoms with Gasteiger partial charge in [0, 0.05) is 24.3 Å². The van der Waals surface area contributed by atoms with Crippen LogP contribution in [0.1, 0.15) is 43.6 Å². The summed E-state index contributed by atoms with van der Waals surface area (Å²) >= 11 is 0. The highest BCUT2D eigenvalue weighted by atomic mass is 32.2. The molecule has 0 unspecified atom stereocenters. The van der Waals surface area contributed by atoms with Gasteiger partial charge in [0.25, 0.3) is 15.9 Å². The van der Waals surface area contributed by atoms with Crippen LogP contribution in [0.3, 0.4) is 0 Å². The molecule has 5 nitrogen and oxygen atoms in total. The lowest BCUT2D eigenvalue weighted by Crippen LogP contribution is -2.30. The van der Waals surface area contributed by atoms with Gasteiger partial charge in [-0.3, -0.25) is 9.52 Å². The molecule has 6 heteroatoms. The molecule has 0 atom stereocenters. The van der Waals surface area contributed by atoms with Crippen molar-refractivity contribution >= 4 is 21.6 Å². The summed E-state index contributed by atoms with van der Waals surface area (Å²) in [6, 6.07) is 13.5. The third-order valence-electron chi connectivity index (χ3n) is 4.29. The van der Waals surface area contributed by atoms with E-state index in [2.05, 4.69) is 18.6 Å². The first-order valence-corrected chi connectivity index (χ1v) is 10.8. The number of hydrogen-bond donors (Lipinski definition) is 1. The normalized spacial score (nSPS) is 11.4. The second-order valence-electron chi connectivity index (χ2n) is 6.91. The fraction of sp³-hybridized carbons (Fsp3) is 0.381. The number of benzene rings is 2. The van der Waals surface area contributed by atoms with Crippen molar-refractivity contribution in [2.24, 2.45) is 5.92 Å². The Balaban J connectivity index is 2.20. The summed E-state index contributed by atoms with van der Waals surface area (Å²) in [6.07, 6.45) is 0.906. The van der Waals surface area contributed by atoms with E-state index in [4.69, 9.17) is 0 Å². The summed E-state index contributed by atoms with van der Waals surface area (Å²) in [5.41, 5.74) is 1.95. The van der Waals surface area contributed by atoms with Crippen molar-refractivity contribution in [2.45, 2.75) is 39.0 Å². The molecule has 2 rings (SSSR count). The molecule has 2 aromatic carbocycles. The first-order chi connectivity index (χ1) is 12.8. The molecule has 1 N–H and O–H groups in total. The smallest absolute Gasteiger partial charge is 0.261 e. The van der Waals surface area contributed by atoms with Gasteiger partial charge in [-0.05, 0) is 62.1 Å². The molecule has 0 aliphatic heterocycles. The van der Waals surface area contributed by atoms with E-state index in [0.29, 0.717) is 30.3 Å². The van der Waals surface area contributed by atoms with E-state index in [0.717, 1.165) is 12.0 Å². The number of nitrogens with one attached hydrogen (secondary N) is 1. The molecule has 0 radical (unpaired) electrons. The van der Waals surface area contributed by atoms with Crippen molar-refractivity contribution < 1.29 is 13.2 Å². The molecular weight excluding hydrogens is 360 g/mol. The average Bonchev–Trinajstić information content (AvgIpc) is 2.62. The van der Waals surface area contributed by atoms with Gasteiger partial charge in [-0.2, -0.15) is 0 Å². The Morgan fingerprint density at radius 3 is 2.22 bits per heavy atom. The maximum atomic E-state index is 12.7. The van der Waals surface area contributed by atoms with Crippen molar-refractivity contribution in [3.63, 3.8) is 0 Å². The molecule has 2 aromatic rings. The van der Waals surface area contributed by atoms with Crippen LogP contribution >= 0.6 is 0 Å². The second kappa shape index (κ2) is 9.04. The van der Waals surface area contributed by atoms with Crippen LogP contribution in [0.5, 0.6) is 0 Å². The molecule has 0 saturated carbocycles. The van der Waals surface area contributed by atoms with Crippen molar-refractivity contribution in [1.29, 1.82) is 0 Å². The molecule has 0 spiro atoms. The minimum atomic E-state index is -3.71. The van der Waals surface area contributed by atoms with Crippen molar-refractivity contribution in [3.05, 3.63) is 59.7 Å². The second-order valence-corrected chi connectivity index (χ2v) is 8.59. The first-order valence-electron chi connectivity index (χ1n) is 9.28. The summed E-state index contributed by atoms with van der Waals surface area (Å²) < 4.78 is 27.9. The van der Waals surface area contributed by atoms with Gasteiger partial charge in [-0.1, -0.05) is 32.0 Å². The highest BCUT2D eigenvalue weighted by Gasteiger charge is 2.17. The Morgan fingerprint density at radius 1 is 1.04 bits per heavy atom. The zero-order chi connectivity index (χ0) is 20.0. The van der Waals surface area contributed by atoms with Crippen LogP contribution in [0, 0.1) is 5.92 Å². The zero-order valence-corrected chi connectivity index (χ0v) is 17.2. The van der Waals surface area contributed by atoms with Crippen LogP contribution in [-0.4, -0.2) is 32.3 Å². The average molecular weight is 389 g/mol. The summed E-state index contributed by atoms with van der Waals surface area (Å²) in [5.74, 6) is 0.399. The van der Waals surface area contributed by atoms with E-state index in [9.17, 15) is 13.2 Å². The lowest BCUT2D eigenvalue weighted by atomic mass is 10.0. The zero-order valence-electron chi connectivity index (χ0n) is 16.4. The number of anilines is 1. The fourth-order valence-electron chi connectivity index (χ4n) is 2.90. The summed E-state index contributed by atoms with van der Waals surface area (Å²) in [4.78, 5) is 14.4. The molecule has 146 valence electrons. The lowest BCUT2D eigenvalue weighted by molar-refractivity contribution is 0.0773. The Bertz CT molecular complexity index is 871. The van der Waals surface area contributed by atoms with Crippen molar-refractivity contribution in [3.8, 4) is 0 Å². The quantitative estimate of drug-likeness (QED) is 0.738. The third-order valence-corrected chi connectivity index (χ3v) is 5.69. The maximum Gasteiger partial charge on any atom is 0.261 e. The van der Waals surface area contributed by atoms with Gasteiger partial charge in [0.2, 0.25) is 0 Å². The predicted molar refractivity (Wildman–Crippen MR) is 109 cm³/mol. The summed E-state index contributed by atoms with van der Waals surface area (Å²) in [7, 11) is -3.71. The minimum Gasteiger partial charge on any atom is -0.339 e. The number of amides is 1. The standard InChI is InChI=1S/C21H28N2O3S/c1-5-23(6-2)21(24)18-8-7-9-19(15-18)22-27(25,26)20-12-10-17(11-13-20)14-16(3)4/h7-13,15-16,22H,5-6,14H2,1-4H3. The number of carbonyl (C=O) groups is 1. The highest BCUT2D eigenvalue weighted by molar-refractivity contribution is 7.92. The van der Waals surface area contributed by atoms with Crippen molar-refractivity contribution in [1.82, 2.24) is 4.90 Å². The Morgan fingerprint density at radius 2 is 1.67 bits per heavy atom. The van der Waals surface area contributed by atoms with E-state index in [-0.39, 0.29) is 10.8 Å². The van der Waals surface area contributed by atoms with Gasteiger partial charge in [0.15, 0.2) is 0 Å². The van der Waals surface area contributed by atoms with Gasteiger partial charge in [0.05, 0.1) is 4.90 Å². The van der Waals surface area contributed by atoms with E-state index in [1.807, 2.05) is 26.0 Å². The number of nitrogens with zero attached hydrogens (tertiary/aromatic N) is 1. The van der Waals surface area contributed by atoms with Crippen molar-refractivity contribution in [2.75, 3.05) is 17.8 Å². The van der Waals surface area contributed by atoms with Gasteiger partial charge in [-0.15, -0.1) is 0 Å². The van der Waals surface area contributed by atoms with Crippen LogP contribution in [0.2, 0.25) is 0 Å². The predicted octanol–water partition coefficient (Wildman–Crippen LogP) is 4.17. The molecule has 0 aromatic heterocycles. The molecule has 0 aliphatic carbocycles. The third kappa shape index (κ3) is 5.57. The van der Waals surface area contributed by atoms with Gasteiger partial charge in [-0.25, -0.2) is 8.42 Å². The van der Waals surface area contributed by atoms with Crippen LogP contribution in [0.25, 0.3) is 0 Å². The molecule has 27 heavy (non-hydrogen) atoms. The van der Waals surface area contributed by atoms with Crippen LogP contribution in [0.4, 0.5) is 5.69 Å². The number of carbonyl (C=O) groups excluding carboxylic acids is 1. The lowest BCUT2D eigenvalue weighted by Gasteiger charge is -2.19. The minimum absolute atomic E-state index is 0.112. The molecule has 0 fully saturated rings. The summed E-state index contributed by atoms with van der Waals surface area (Å²) in [5, 5.41) is 0. The Hall–Kier alpha value is -2.34.